The molecule has 0 aromatic heterocycles. The lowest BCUT2D eigenvalue weighted by Crippen LogP contribution is -2.38. The summed E-state index contributed by atoms with van der Waals surface area (Å²) in [6, 6.07) is 5.57. The number of nitrogens with zero attached hydrogens (tertiary/aromatic N) is 1. The van der Waals surface area contributed by atoms with E-state index in [4.69, 9.17) is 17.3 Å². The third-order valence-electron chi connectivity index (χ3n) is 2.45. The SMILES string of the molecule is CC(C)NC(=O)CN(C)Cc1c(N)cccc1Cl. The lowest BCUT2D eigenvalue weighted by atomic mass is 10.1. The molecule has 1 rings (SSSR count). The van der Waals surface area contributed by atoms with Crippen molar-refractivity contribution in [3.63, 3.8) is 0 Å². The van der Waals surface area contributed by atoms with Gasteiger partial charge in [0.1, 0.15) is 0 Å². The smallest absolute Gasteiger partial charge is 0.234 e. The van der Waals surface area contributed by atoms with Gasteiger partial charge in [-0.2, -0.15) is 0 Å². The van der Waals surface area contributed by atoms with Crippen LogP contribution in [0.4, 0.5) is 5.69 Å². The molecule has 0 fully saturated rings. The Morgan fingerprint density at radius 2 is 2.17 bits per heavy atom. The first-order chi connectivity index (χ1) is 8.40. The molecule has 0 unspecified atom stereocenters. The van der Waals surface area contributed by atoms with Crippen molar-refractivity contribution in [3.05, 3.63) is 28.8 Å². The Balaban J connectivity index is 2.59. The molecule has 0 aliphatic rings. The van der Waals surface area contributed by atoms with Gasteiger partial charge >= 0.3 is 0 Å². The van der Waals surface area contributed by atoms with Crippen LogP contribution >= 0.6 is 11.6 Å². The molecule has 1 aromatic rings. The van der Waals surface area contributed by atoms with Gasteiger partial charge in [-0.15, -0.1) is 0 Å². The second-order valence-electron chi connectivity index (χ2n) is 4.70. The summed E-state index contributed by atoms with van der Waals surface area (Å²) in [5, 5.41) is 3.47. The van der Waals surface area contributed by atoms with Gasteiger partial charge in [0, 0.05) is 28.9 Å². The number of likely N-dealkylation sites (N-methyl/N-ethyl adjacent to an activating group) is 1. The number of carbonyl (C=O) groups excluding carboxylic acids is 1. The highest BCUT2D eigenvalue weighted by molar-refractivity contribution is 6.31. The Kier molecular flexibility index (Phi) is 5.44. The quantitative estimate of drug-likeness (QED) is 0.803. The van der Waals surface area contributed by atoms with E-state index in [1.807, 2.05) is 37.9 Å². The molecule has 3 N–H and O–H groups in total. The number of anilines is 1. The van der Waals surface area contributed by atoms with E-state index in [9.17, 15) is 4.79 Å². The van der Waals surface area contributed by atoms with Crippen LogP contribution in [-0.2, 0) is 11.3 Å². The van der Waals surface area contributed by atoms with Gasteiger partial charge in [0.2, 0.25) is 5.91 Å². The summed E-state index contributed by atoms with van der Waals surface area (Å²) in [5.74, 6) is -0.00174. The van der Waals surface area contributed by atoms with Gasteiger partial charge in [-0.25, -0.2) is 0 Å². The third-order valence-corrected chi connectivity index (χ3v) is 2.80. The van der Waals surface area contributed by atoms with Crippen LogP contribution in [0.15, 0.2) is 18.2 Å². The molecule has 100 valence electrons. The van der Waals surface area contributed by atoms with Crippen molar-refractivity contribution in [1.82, 2.24) is 10.2 Å². The summed E-state index contributed by atoms with van der Waals surface area (Å²) in [6.07, 6.45) is 0. The van der Waals surface area contributed by atoms with E-state index < -0.39 is 0 Å². The minimum atomic E-state index is -0.00174. The van der Waals surface area contributed by atoms with Crippen LogP contribution in [0.5, 0.6) is 0 Å². The van der Waals surface area contributed by atoms with Crippen molar-refractivity contribution in [3.8, 4) is 0 Å². The minimum absolute atomic E-state index is 0.00174. The fourth-order valence-corrected chi connectivity index (χ4v) is 1.92. The Morgan fingerprint density at radius 1 is 1.50 bits per heavy atom. The molecule has 5 heteroatoms. The van der Waals surface area contributed by atoms with Crippen LogP contribution in [0.3, 0.4) is 0 Å². The maximum atomic E-state index is 11.6. The Hall–Kier alpha value is -1.26. The van der Waals surface area contributed by atoms with Crippen LogP contribution in [0, 0.1) is 0 Å². The number of halogens is 1. The van der Waals surface area contributed by atoms with Crippen molar-refractivity contribution in [2.45, 2.75) is 26.4 Å². The molecule has 18 heavy (non-hydrogen) atoms. The third kappa shape index (κ3) is 4.55. The standard InChI is InChI=1S/C13H20ClN3O/c1-9(2)16-13(18)8-17(3)7-10-11(14)5-4-6-12(10)15/h4-6,9H,7-8,15H2,1-3H3,(H,16,18). The minimum Gasteiger partial charge on any atom is -0.398 e. The number of nitrogens with two attached hydrogens (primary N) is 1. The summed E-state index contributed by atoms with van der Waals surface area (Å²) in [5.41, 5.74) is 7.38. The predicted molar refractivity (Wildman–Crippen MR) is 75.5 cm³/mol. The van der Waals surface area contributed by atoms with Gasteiger partial charge in [-0.3, -0.25) is 9.69 Å². The monoisotopic (exact) mass is 269 g/mol. The van der Waals surface area contributed by atoms with Crippen molar-refractivity contribution >= 4 is 23.2 Å². The number of nitrogen functional groups attached to an aromatic ring is 1. The second kappa shape index (κ2) is 6.61. The van der Waals surface area contributed by atoms with Crippen molar-refractivity contribution < 1.29 is 4.79 Å². The molecule has 4 nitrogen and oxygen atoms in total. The molecule has 0 radical (unpaired) electrons. The number of nitrogens with one attached hydrogen (secondary N) is 1. The molecule has 1 aromatic carbocycles. The van der Waals surface area contributed by atoms with Gasteiger partial charge in [0.25, 0.3) is 0 Å². The first-order valence-electron chi connectivity index (χ1n) is 5.91. The maximum absolute atomic E-state index is 11.6. The number of rotatable bonds is 5. The average Bonchev–Trinajstić information content (AvgIpc) is 2.22. The van der Waals surface area contributed by atoms with E-state index in [-0.39, 0.29) is 11.9 Å². The lowest BCUT2D eigenvalue weighted by molar-refractivity contribution is -0.122. The summed E-state index contributed by atoms with van der Waals surface area (Å²) >= 11 is 6.09. The van der Waals surface area contributed by atoms with E-state index in [0.717, 1.165) is 5.56 Å². The Morgan fingerprint density at radius 3 is 2.72 bits per heavy atom. The predicted octanol–water partition coefficient (Wildman–Crippen LogP) is 1.88. The molecule has 0 spiro atoms. The van der Waals surface area contributed by atoms with Crippen LogP contribution in [0.25, 0.3) is 0 Å². The number of hydrogen-bond donors (Lipinski definition) is 2. The second-order valence-corrected chi connectivity index (χ2v) is 5.11. The van der Waals surface area contributed by atoms with Crippen LogP contribution in [0.1, 0.15) is 19.4 Å². The fourth-order valence-electron chi connectivity index (χ4n) is 1.68. The van der Waals surface area contributed by atoms with Gasteiger partial charge in [0.05, 0.1) is 6.54 Å². The molecule has 0 heterocycles. The zero-order chi connectivity index (χ0) is 13.7. The average molecular weight is 270 g/mol. The normalized spacial score (nSPS) is 11.0. The van der Waals surface area contributed by atoms with Crippen molar-refractivity contribution in [2.75, 3.05) is 19.3 Å². The Labute approximate surface area is 113 Å². The summed E-state index contributed by atoms with van der Waals surface area (Å²) < 4.78 is 0. The van der Waals surface area contributed by atoms with E-state index in [0.29, 0.717) is 23.8 Å². The van der Waals surface area contributed by atoms with Crippen LogP contribution < -0.4 is 11.1 Å². The van der Waals surface area contributed by atoms with Gasteiger partial charge < -0.3 is 11.1 Å². The van der Waals surface area contributed by atoms with E-state index in [2.05, 4.69) is 5.32 Å². The number of carbonyl (C=O) groups is 1. The highest BCUT2D eigenvalue weighted by Gasteiger charge is 2.11. The molecule has 0 saturated carbocycles. The number of benzene rings is 1. The van der Waals surface area contributed by atoms with Crippen LogP contribution in [-0.4, -0.2) is 30.4 Å². The summed E-state index contributed by atoms with van der Waals surface area (Å²) in [7, 11) is 1.86. The topological polar surface area (TPSA) is 58.4 Å². The molecule has 0 saturated heterocycles. The molecular weight excluding hydrogens is 250 g/mol. The number of hydrogen-bond acceptors (Lipinski definition) is 3. The van der Waals surface area contributed by atoms with Crippen LogP contribution in [0.2, 0.25) is 5.02 Å². The first-order valence-corrected chi connectivity index (χ1v) is 6.28. The molecule has 0 aliphatic carbocycles. The highest BCUT2D eigenvalue weighted by Crippen LogP contribution is 2.22. The molecule has 1 amide bonds. The maximum Gasteiger partial charge on any atom is 0.234 e. The first kappa shape index (κ1) is 14.8. The largest absolute Gasteiger partial charge is 0.398 e. The van der Waals surface area contributed by atoms with Crippen molar-refractivity contribution in [2.24, 2.45) is 0 Å². The van der Waals surface area contributed by atoms with Crippen molar-refractivity contribution in [1.29, 1.82) is 0 Å². The molecule has 0 atom stereocenters. The Bertz CT molecular complexity index is 400. The number of amides is 1. The zero-order valence-electron chi connectivity index (χ0n) is 11.0. The highest BCUT2D eigenvalue weighted by atomic mass is 35.5. The molecule has 0 bridgehead atoms. The van der Waals surface area contributed by atoms with E-state index in [1.165, 1.54) is 0 Å². The summed E-state index contributed by atoms with van der Waals surface area (Å²) in [4.78, 5) is 13.5. The lowest BCUT2D eigenvalue weighted by Gasteiger charge is -2.19. The zero-order valence-corrected chi connectivity index (χ0v) is 11.8. The van der Waals surface area contributed by atoms with E-state index in [1.54, 1.807) is 6.07 Å². The summed E-state index contributed by atoms with van der Waals surface area (Å²) in [6.45, 7) is 4.74. The van der Waals surface area contributed by atoms with Gasteiger partial charge in [-0.1, -0.05) is 17.7 Å². The molecular formula is C13H20ClN3O. The van der Waals surface area contributed by atoms with Gasteiger partial charge in [0.15, 0.2) is 0 Å². The van der Waals surface area contributed by atoms with E-state index >= 15 is 0 Å². The fraction of sp³-hybridized carbons (Fsp3) is 0.462. The molecule has 0 aliphatic heterocycles. The van der Waals surface area contributed by atoms with Gasteiger partial charge in [-0.05, 0) is 33.0 Å².